The molecular weight excluding hydrogens is 392 g/mol. The molecule has 2 aromatic rings. The number of carboxylic acid groups (broad SMARTS) is 1. The van der Waals surface area contributed by atoms with Crippen LogP contribution in [0.5, 0.6) is 17.2 Å². The predicted molar refractivity (Wildman–Crippen MR) is 106 cm³/mol. The van der Waals surface area contributed by atoms with Crippen molar-refractivity contribution in [1.29, 1.82) is 0 Å². The Kier molecular flexibility index (Phi) is 4.15. The highest BCUT2D eigenvalue weighted by Gasteiger charge is 2.56. The predicted octanol–water partition coefficient (Wildman–Crippen LogP) is 2.49. The molecule has 0 fully saturated rings. The average molecular weight is 416 g/mol. The van der Waals surface area contributed by atoms with Gasteiger partial charge in [-0.2, -0.15) is 0 Å². The number of ketones is 1. The first-order valence-corrected chi connectivity index (χ1v) is 9.63. The number of aliphatic carboxylic acids is 1. The summed E-state index contributed by atoms with van der Waals surface area (Å²) in [5, 5.41) is 42.0. The molecule has 4 N–H and O–H groups in total. The Morgan fingerprint density at radius 1 is 1.27 bits per heavy atom. The molecule has 0 saturated heterocycles. The smallest absolute Gasteiger partial charge is 0.332 e. The molecule has 0 amide bonds. The zero-order valence-electron chi connectivity index (χ0n) is 17.4. The zero-order chi connectivity index (χ0) is 22.3. The third kappa shape index (κ3) is 2.23. The van der Waals surface area contributed by atoms with Gasteiger partial charge >= 0.3 is 5.97 Å². The standard InChI is InChI=1S/C22H24O8/c1-8-6-10(23)15-13-12(8)18-16(21(3,4)9(2)30-18)17(25)14(13)19(26)22(15,29-5)7-11(24)20(27)28/h6,9,11,23-25H,7H2,1-5H3,(H,27,28)/t9-,11-,22+/m0/s1. The van der Waals surface area contributed by atoms with Crippen LogP contribution in [0.2, 0.25) is 0 Å². The van der Waals surface area contributed by atoms with Gasteiger partial charge in [-0.1, -0.05) is 13.8 Å². The molecule has 1 aliphatic carbocycles. The van der Waals surface area contributed by atoms with Gasteiger partial charge in [0, 0.05) is 40.8 Å². The van der Waals surface area contributed by atoms with E-state index in [1.165, 1.54) is 13.2 Å². The molecule has 1 heterocycles. The maximum atomic E-state index is 13.6. The maximum Gasteiger partial charge on any atom is 0.332 e. The summed E-state index contributed by atoms with van der Waals surface area (Å²) in [4.78, 5) is 24.9. The number of carboxylic acids is 1. The van der Waals surface area contributed by atoms with Crippen molar-refractivity contribution < 1.29 is 39.5 Å². The number of benzene rings is 2. The fourth-order valence-corrected chi connectivity index (χ4v) is 4.84. The molecule has 4 rings (SSSR count). The lowest BCUT2D eigenvalue weighted by molar-refractivity contribution is -0.150. The fourth-order valence-electron chi connectivity index (χ4n) is 4.84. The number of carbonyl (C=O) groups is 2. The van der Waals surface area contributed by atoms with Crippen molar-refractivity contribution >= 4 is 22.5 Å². The lowest BCUT2D eigenvalue weighted by atomic mass is 9.79. The Balaban J connectivity index is 2.16. The summed E-state index contributed by atoms with van der Waals surface area (Å²) in [7, 11) is 1.21. The molecule has 0 spiro atoms. The van der Waals surface area contributed by atoms with Crippen LogP contribution in [-0.4, -0.2) is 51.5 Å². The van der Waals surface area contributed by atoms with Crippen LogP contribution in [0.1, 0.15) is 54.2 Å². The lowest BCUT2D eigenvalue weighted by Gasteiger charge is -2.29. The molecule has 0 saturated carbocycles. The first kappa shape index (κ1) is 20.4. The quantitative estimate of drug-likeness (QED) is 0.597. The van der Waals surface area contributed by atoms with E-state index in [0.717, 1.165) is 0 Å². The molecule has 2 aliphatic rings. The third-order valence-electron chi connectivity index (χ3n) is 6.75. The Morgan fingerprint density at radius 2 is 1.90 bits per heavy atom. The molecule has 30 heavy (non-hydrogen) atoms. The number of carbonyl (C=O) groups excluding carboxylic acids is 1. The van der Waals surface area contributed by atoms with Gasteiger partial charge in [0.15, 0.2) is 11.7 Å². The van der Waals surface area contributed by atoms with Gasteiger partial charge in [-0.05, 0) is 25.5 Å². The van der Waals surface area contributed by atoms with Crippen molar-refractivity contribution in [1.82, 2.24) is 0 Å². The number of aliphatic hydroxyl groups excluding tert-OH is 1. The minimum Gasteiger partial charge on any atom is -0.508 e. The number of aliphatic hydroxyl groups is 1. The van der Waals surface area contributed by atoms with Gasteiger partial charge in [-0.15, -0.1) is 0 Å². The van der Waals surface area contributed by atoms with E-state index in [2.05, 4.69) is 0 Å². The second kappa shape index (κ2) is 6.09. The number of hydrogen-bond donors (Lipinski definition) is 4. The number of Topliss-reactive ketones (excluding diaryl/α,β-unsaturated/α-hetero) is 1. The van der Waals surface area contributed by atoms with E-state index in [1.54, 1.807) is 6.92 Å². The zero-order valence-corrected chi connectivity index (χ0v) is 17.4. The van der Waals surface area contributed by atoms with Crippen LogP contribution < -0.4 is 4.74 Å². The molecule has 0 radical (unpaired) electrons. The number of hydrogen-bond acceptors (Lipinski definition) is 7. The van der Waals surface area contributed by atoms with Gasteiger partial charge in [0.05, 0.1) is 5.56 Å². The molecule has 0 unspecified atom stereocenters. The number of rotatable bonds is 4. The van der Waals surface area contributed by atoms with Crippen LogP contribution >= 0.6 is 0 Å². The van der Waals surface area contributed by atoms with Crippen LogP contribution in [0, 0.1) is 6.92 Å². The number of phenolic OH excluding ortho intramolecular Hbond substituents is 2. The van der Waals surface area contributed by atoms with E-state index in [9.17, 15) is 30.0 Å². The van der Waals surface area contributed by atoms with Crippen LogP contribution in [0.4, 0.5) is 0 Å². The van der Waals surface area contributed by atoms with Gasteiger partial charge in [-0.25, -0.2) is 4.79 Å². The highest BCUT2D eigenvalue weighted by Crippen LogP contribution is 2.60. The summed E-state index contributed by atoms with van der Waals surface area (Å²) < 4.78 is 11.6. The second-order valence-electron chi connectivity index (χ2n) is 8.67. The minimum absolute atomic E-state index is 0.0324. The van der Waals surface area contributed by atoms with Gasteiger partial charge in [-0.3, -0.25) is 4.79 Å². The summed E-state index contributed by atoms with van der Waals surface area (Å²) in [6.07, 6.45) is -2.81. The first-order chi connectivity index (χ1) is 13.9. The number of fused-ring (bicyclic) bond motifs is 2. The Labute approximate surface area is 172 Å². The molecule has 0 bridgehead atoms. The highest BCUT2D eigenvalue weighted by molar-refractivity contribution is 6.24. The Morgan fingerprint density at radius 3 is 2.47 bits per heavy atom. The fraction of sp³-hybridized carbons (Fsp3) is 0.455. The van der Waals surface area contributed by atoms with Gasteiger partial charge < -0.3 is 29.9 Å². The molecular formula is C22H24O8. The van der Waals surface area contributed by atoms with E-state index in [0.29, 0.717) is 22.3 Å². The summed E-state index contributed by atoms with van der Waals surface area (Å²) in [5.41, 5.74) is -1.47. The first-order valence-electron chi connectivity index (χ1n) is 9.63. The third-order valence-corrected chi connectivity index (χ3v) is 6.75. The van der Waals surface area contributed by atoms with Gasteiger partial charge in [0.1, 0.15) is 23.4 Å². The number of ether oxygens (including phenoxy) is 2. The van der Waals surface area contributed by atoms with Crippen molar-refractivity contribution in [2.75, 3.05) is 7.11 Å². The van der Waals surface area contributed by atoms with Crippen LogP contribution in [0.25, 0.3) is 10.8 Å². The largest absolute Gasteiger partial charge is 0.508 e. The Bertz CT molecular complexity index is 1130. The normalized spacial score (nSPS) is 24.7. The van der Waals surface area contributed by atoms with Crippen molar-refractivity contribution in [3.63, 3.8) is 0 Å². The monoisotopic (exact) mass is 416 g/mol. The van der Waals surface area contributed by atoms with E-state index in [4.69, 9.17) is 9.47 Å². The SMILES string of the molecule is CO[C@@]1(C[C@H](O)C(=O)O)C(=O)c2c(O)c3c(c4c(C)cc(O)c1c24)O[C@@H](C)C3(C)C. The Hall–Kier alpha value is -2.84. The molecule has 3 atom stereocenters. The van der Waals surface area contributed by atoms with Crippen molar-refractivity contribution in [3.8, 4) is 17.2 Å². The lowest BCUT2D eigenvalue weighted by Crippen LogP contribution is -2.40. The van der Waals surface area contributed by atoms with Gasteiger partial charge in [0.25, 0.3) is 0 Å². The van der Waals surface area contributed by atoms with Crippen molar-refractivity contribution in [3.05, 3.63) is 28.3 Å². The van der Waals surface area contributed by atoms with Crippen LogP contribution in [-0.2, 0) is 20.5 Å². The average Bonchev–Trinajstić information content (AvgIpc) is 3.04. The van der Waals surface area contributed by atoms with E-state index in [-0.39, 0.29) is 34.1 Å². The van der Waals surface area contributed by atoms with Crippen molar-refractivity contribution in [2.45, 2.75) is 57.3 Å². The summed E-state index contributed by atoms with van der Waals surface area (Å²) in [5.74, 6) is -2.35. The van der Waals surface area contributed by atoms with Crippen LogP contribution in [0.3, 0.4) is 0 Å². The molecule has 8 nitrogen and oxygen atoms in total. The van der Waals surface area contributed by atoms with Crippen molar-refractivity contribution in [2.24, 2.45) is 0 Å². The van der Waals surface area contributed by atoms with Crippen LogP contribution in [0.15, 0.2) is 6.07 Å². The molecule has 8 heteroatoms. The van der Waals surface area contributed by atoms with Gasteiger partial charge in [0.2, 0.25) is 5.78 Å². The summed E-state index contributed by atoms with van der Waals surface area (Å²) in [6, 6.07) is 1.46. The number of methoxy groups -OCH3 is 1. The van der Waals surface area contributed by atoms with E-state index >= 15 is 0 Å². The van der Waals surface area contributed by atoms with E-state index in [1.807, 2.05) is 20.8 Å². The highest BCUT2D eigenvalue weighted by atomic mass is 16.5. The number of phenols is 2. The molecule has 1 aliphatic heterocycles. The minimum atomic E-state index is -1.96. The molecule has 2 aromatic carbocycles. The molecule has 0 aromatic heterocycles. The summed E-state index contributed by atoms with van der Waals surface area (Å²) in [6.45, 7) is 7.42. The number of aryl methyl sites for hydroxylation is 1. The molecule has 160 valence electrons. The van der Waals surface area contributed by atoms with E-state index < -0.39 is 35.3 Å². The maximum absolute atomic E-state index is 13.6. The topological polar surface area (TPSA) is 134 Å². The number of aromatic hydroxyl groups is 2. The second-order valence-corrected chi connectivity index (χ2v) is 8.67. The summed E-state index contributed by atoms with van der Waals surface area (Å²) >= 11 is 0.